The number of carbonyl (C=O) groups excluding carboxylic acids is 2. The van der Waals surface area contributed by atoms with Gasteiger partial charge < -0.3 is 15.2 Å². The minimum atomic E-state index is -0.414. The van der Waals surface area contributed by atoms with Crippen LogP contribution in [-0.4, -0.2) is 30.2 Å². The molecule has 0 heterocycles. The van der Waals surface area contributed by atoms with E-state index in [0.717, 1.165) is 0 Å². The third-order valence-electron chi connectivity index (χ3n) is 3.09. The fraction of sp³-hybridized carbons (Fsp3) is 0.118. The molecule has 0 spiro atoms. The van der Waals surface area contributed by atoms with Gasteiger partial charge in [-0.05, 0) is 36.4 Å². The first-order chi connectivity index (χ1) is 11.5. The average Bonchev–Trinajstić information content (AvgIpc) is 2.56. The molecule has 2 aromatic carbocycles. The van der Waals surface area contributed by atoms with Crippen molar-refractivity contribution in [3.05, 3.63) is 53.6 Å². The van der Waals surface area contributed by atoms with Gasteiger partial charge in [-0.3, -0.25) is 9.59 Å². The van der Waals surface area contributed by atoms with Crippen molar-refractivity contribution in [2.45, 2.75) is 6.92 Å². The van der Waals surface area contributed by atoms with Gasteiger partial charge in [0, 0.05) is 23.7 Å². The van der Waals surface area contributed by atoms with E-state index in [1.54, 1.807) is 42.5 Å². The van der Waals surface area contributed by atoms with Gasteiger partial charge in [-0.1, -0.05) is 6.07 Å². The summed E-state index contributed by atoms with van der Waals surface area (Å²) >= 11 is 0. The molecule has 0 aromatic heterocycles. The van der Waals surface area contributed by atoms with E-state index in [1.807, 2.05) is 0 Å². The number of carbonyl (C=O) groups is 2. The molecule has 2 amide bonds. The summed E-state index contributed by atoms with van der Waals surface area (Å²) in [6.45, 7) is 1.41. The van der Waals surface area contributed by atoms with Crippen molar-refractivity contribution in [3.63, 3.8) is 0 Å². The first kappa shape index (κ1) is 17.0. The van der Waals surface area contributed by atoms with Gasteiger partial charge in [0.2, 0.25) is 5.91 Å². The van der Waals surface area contributed by atoms with Gasteiger partial charge in [0.25, 0.3) is 5.91 Å². The molecule has 2 aromatic rings. The topological polar surface area (TPSA) is 100 Å². The predicted octanol–water partition coefficient (Wildman–Crippen LogP) is 2.12. The molecule has 3 N–H and O–H groups in total. The molecular formula is C17H17N3O4. The maximum atomic E-state index is 12.0. The highest BCUT2D eigenvalue weighted by atomic mass is 16.5. The Morgan fingerprint density at radius 2 is 1.88 bits per heavy atom. The molecule has 2 rings (SSSR count). The Kier molecular flexibility index (Phi) is 5.51. The molecule has 0 aliphatic carbocycles. The van der Waals surface area contributed by atoms with E-state index in [9.17, 15) is 14.7 Å². The molecule has 0 saturated carbocycles. The summed E-state index contributed by atoms with van der Waals surface area (Å²) in [4.78, 5) is 22.9. The van der Waals surface area contributed by atoms with Gasteiger partial charge in [0.05, 0.1) is 13.3 Å². The number of ether oxygens (including phenoxy) is 1. The van der Waals surface area contributed by atoms with E-state index in [1.165, 1.54) is 20.2 Å². The first-order valence-electron chi connectivity index (χ1n) is 7.08. The van der Waals surface area contributed by atoms with Crippen molar-refractivity contribution >= 4 is 23.7 Å². The number of methoxy groups -OCH3 is 1. The fourth-order valence-electron chi connectivity index (χ4n) is 1.94. The molecule has 0 bridgehead atoms. The number of nitrogens with zero attached hydrogens (tertiary/aromatic N) is 1. The van der Waals surface area contributed by atoms with Crippen molar-refractivity contribution in [2.75, 3.05) is 12.4 Å². The lowest BCUT2D eigenvalue weighted by Gasteiger charge is -2.05. The van der Waals surface area contributed by atoms with Crippen molar-refractivity contribution in [2.24, 2.45) is 5.10 Å². The number of para-hydroxylation sites is 1. The lowest BCUT2D eigenvalue weighted by Crippen LogP contribution is -2.17. The van der Waals surface area contributed by atoms with Crippen molar-refractivity contribution in [3.8, 4) is 11.5 Å². The van der Waals surface area contributed by atoms with E-state index >= 15 is 0 Å². The Morgan fingerprint density at radius 3 is 2.50 bits per heavy atom. The lowest BCUT2D eigenvalue weighted by atomic mass is 10.2. The molecule has 0 unspecified atom stereocenters. The SMILES string of the molecule is COc1cccc(C=NNC(=O)c2ccc(NC(C)=O)cc2)c1O. The summed E-state index contributed by atoms with van der Waals surface area (Å²) in [7, 11) is 1.45. The highest BCUT2D eigenvalue weighted by Crippen LogP contribution is 2.27. The Hall–Kier alpha value is -3.35. The van der Waals surface area contributed by atoms with E-state index in [4.69, 9.17) is 4.74 Å². The molecule has 0 aliphatic rings. The van der Waals surface area contributed by atoms with Crippen LogP contribution in [0.2, 0.25) is 0 Å². The number of anilines is 1. The predicted molar refractivity (Wildman–Crippen MR) is 90.5 cm³/mol. The first-order valence-corrected chi connectivity index (χ1v) is 7.08. The minimum Gasteiger partial charge on any atom is -0.504 e. The zero-order chi connectivity index (χ0) is 17.5. The molecule has 0 radical (unpaired) electrons. The molecule has 24 heavy (non-hydrogen) atoms. The molecule has 0 fully saturated rings. The highest BCUT2D eigenvalue weighted by molar-refractivity contribution is 5.96. The monoisotopic (exact) mass is 327 g/mol. The number of nitrogens with one attached hydrogen (secondary N) is 2. The van der Waals surface area contributed by atoms with E-state index in [0.29, 0.717) is 22.6 Å². The van der Waals surface area contributed by atoms with Crippen LogP contribution in [-0.2, 0) is 4.79 Å². The number of benzene rings is 2. The van der Waals surface area contributed by atoms with E-state index in [2.05, 4.69) is 15.8 Å². The number of rotatable bonds is 5. The smallest absolute Gasteiger partial charge is 0.271 e. The molecule has 7 nitrogen and oxygen atoms in total. The third kappa shape index (κ3) is 4.33. The van der Waals surface area contributed by atoms with Crippen LogP contribution in [0, 0.1) is 0 Å². The van der Waals surface area contributed by atoms with Crippen molar-refractivity contribution in [1.29, 1.82) is 0 Å². The summed E-state index contributed by atoms with van der Waals surface area (Å²) in [6.07, 6.45) is 1.32. The van der Waals surface area contributed by atoms with Gasteiger partial charge in [-0.25, -0.2) is 5.43 Å². The van der Waals surface area contributed by atoms with E-state index in [-0.39, 0.29) is 11.7 Å². The molecule has 0 atom stereocenters. The largest absolute Gasteiger partial charge is 0.504 e. The molecular weight excluding hydrogens is 310 g/mol. The molecule has 124 valence electrons. The normalized spacial score (nSPS) is 10.4. The standard InChI is InChI=1S/C17H17N3O4/c1-11(21)19-14-8-6-12(7-9-14)17(23)20-18-10-13-4-3-5-15(24-2)16(13)22/h3-10,22H,1-2H3,(H,19,21)(H,20,23). The number of hydrogen-bond donors (Lipinski definition) is 3. The Balaban J connectivity index is 2.01. The molecule has 0 saturated heterocycles. The van der Waals surface area contributed by atoms with Crippen LogP contribution in [0.15, 0.2) is 47.6 Å². The van der Waals surface area contributed by atoms with Gasteiger partial charge in [0.15, 0.2) is 11.5 Å². The summed E-state index contributed by atoms with van der Waals surface area (Å²) in [5, 5.41) is 16.3. The van der Waals surface area contributed by atoms with Crippen LogP contribution in [0.1, 0.15) is 22.8 Å². The maximum absolute atomic E-state index is 12.0. The van der Waals surface area contributed by atoms with Gasteiger partial charge in [0.1, 0.15) is 0 Å². The Labute approximate surface area is 139 Å². The van der Waals surface area contributed by atoms with Crippen LogP contribution in [0.4, 0.5) is 5.69 Å². The second kappa shape index (κ2) is 7.77. The number of amides is 2. The summed E-state index contributed by atoms with van der Waals surface area (Å²) in [5.41, 5.74) is 3.76. The molecule has 7 heteroatoms. The van der Waals surface area contributed by atoms with Gasteiger partial charge in [-0.15, -0.1) is 0 Å². The van der Waals surface area contributed by atoms with Crippen LogP contribution in [0.25, 0.3) is 0 Å². The van der Waals surface area contributed by atoms with Crippen LogP contribution < -0.4 is 15.5 Å². The number of phenolic OH excluding ortho intramolecular Hbond substituents is 1. The summed E-state index contributed by atoms with van der Waals surface area (Å²) < 4.78 is 4.99. The third-order valence-corrected chi connectivity index (χ3v) is 3.09. The Morgan fingerprint density at radius 1 is 1.17 bits per heavy atom. The number of aromatic hydroxyl groups is 1. The quantitative estimate of drug-likeness (QED) is 0.578. The van der Waals surface area contributed by atoms with E-state index < -0.39 is 5.91 Å². The lowest BCUT2D eigenvalue weighted by molar-refractivity contribution is -0.114. The fourth-order valence-corrected chi connectivity index (χ4v) is 1.94. The second-order valence-electron chi connectivity index (χ2n) is 4.86. The van der Waals surface area contributed by atoms with Gasteiger partial charge >= 0.3 is 0 Å². The number of phenols is 1. The van der Waals surface area contributed by atoms with Gasteiger partial charge in [-0.2, -0.15) is 5.10 Å². The minimum absolute atomic E-state index is 0.0577. The zero-order valence-corrected chi connectivity index (χ0v) is 13.2. The Bertz CT molecular complexity index is 770. The van der Waals surface area contributed by atoms with Crippen LogP contribution in [0.3, 0.4) is 0 Å². The summed E-state index contributed by atoms with van der Waals surface area (Å²) in [6, 6.07) is 11.3. The van der Waals surface area contributed by atoms with Crippen LogP contribution in [0.5, 0.6) is 11.5 Å². The van der Waals surface area contributed by atoms with Crippen LogP contribution >= 0.6 is 0 Å². The maximum Gasteiger partial charge on any atom is 0.271 e. The second-order valence-corrected chi connectivity index (χ2v) is 4.86. The summed E-state index contributed by atoms with van der Waals surface area (Å²) in [5.74, 6) is -0.339. The van der Waals surface area contributed by atoms with Crippen molar-refractivity contribution < 1.29 is 19.4 Å². The number of hydrazone groups is 1. The molecule has 0 aliphatic heterocycles. The average molecular weight is 327 g/mol. The zero-order valence-electron chi connectivity index (χ0n) is 13.2. The van der Waals surface area contributed by atoms with Crippen molar-refractivity contribution in [1.82, 2.24) is 5.43 Å². The highest BCUT2D eigenvalue weighted by Gasteiger charge is 2.06. The number of hydrogen-bond acceptors (Lipinski definition) is 5.